The van der Waals surface area contributed by atoms with Gasteiger partial charge in [0.05, 0.1) is 0 Å². The van der Waals surface area contributed by atoms with Crippen molar-refractivity contribution in [3.05, 3.63) is 70.7 Å². The molecular weight excluding hydrogens is 536 g/mol. The Labute approximate surface area is 257 Å². The number of nitrogens with zero attached hydrogens (tertiary/aromatic N) is 3. The summed E-state index contributed by atoms with van der Waals surface area (Å²) in [7, 11) is 3.68. The Balaban J connectivity index is 0.000000331. The number of likely N-dealkylation sites (N-methyl/N-ethyl adjacent to an activating group) is 1. The lowest BCUT2D eigenvalue weighted by molar-refractivity contribution is -0.105. The van der Waals surface area contributed by atoms with Crippen LogP contribution in [0.3, 0.4) is 0 Å². The fraction of sp³-hybridized carbons (Fsp3) is 0.457. The fourth-order valence-corrected chi connectivity index (χ4v) is 5.86. The van der Waals surface area contributed by atoms with Crippen LogP contribution in [0.5, 0.6) is 0 Å². The van der Waals surface area contributed by atoms with E-state index in [0.717, 1.165) is 87.8 Å². The number of aryl methyl sites for hydroxylation is 1. The van der Waals surface area contributed by atoms with Crippen LogP contribution in [0.15, 0.2) is 59.6 Å². The van der Waals surface area contributed by atoms with Gasteiger partial charge in [0, 0.05) is 83.5 Å². The molecule has 0 spiro atoms. The fourth-order valence-electron chi connectivity index (χ4n) is 5.86. The number of anilines is 1. The van der Waals surface area contributed by atoms with Crippen molar-refractivity contribution in [1.82, 2.24) is 20.2 Å². The number of pyridine rings is 1. The molecule has 0 bridgehead atoms. The minimum Gasteiger partial charge on any atom is -0.392 e. The van der Waals surface area contributed by atoms with Crippen LogP contribution in [0.2, 0.25) is 0 Å². The average Bonchev–Trinajstić information content (AvgIpc) is 3.50. The topological polar surface area (TPSA) is 105 Å². The number of allylic oxidation sites excluding steroid dienone is 3. The molecular formula is C35H50N6O2. The quantitative estimate of drug-likeness (QED) is 0.153. The van der Waals surface area contributed by atoms with E-state index in [1.54, 1.807) is 0 Å². The molecule has 1 aliphatic heterocycles. The molecule has 43 heavy (non-hydrogen) atoms. The summed E-state index contributed by atoms with van der Waals surface area (Å²) < 4.78 is 2.24. The molecule has 2 atom stereocenters. The summed E-state index contributed by atoms with van der Waals surface area (Å²) in [6.45, 7) is 16.0. The average molecular weight is 587 g/mol. The van der Waals surface area contributed by atoms with E-state index in [1.807, 2.05) is 46.3 Å². The van der Waals surface area contributed by atoms with Gasteiger partial charge in [-0.3, -0.25) is 9.59 Å². The van der Waals surface area contributed by atoms with Crippen LogP contribution >= 0.6 is 0 Å². The Morgan fingerprint density at radius 2 is 1.91 bits per heavy atom. The zero-order valence-electron chi connectivity index (χ0n) is 27.4. The van der Waals surface area contributed by atoms with Crippen molar-refractivity contribution in [2.45, 2.75) is 78.9 Å². The number of nitrogens with two attached hydrogens (primary N) is 1. The highest BCUT2D eigenvalue weighted by Crippen LogP contribution is 2.34. The first kappa shape index (κ1) is 33.7. The normalized spacial score (nSPS) is 19.3. The van der Waals surface area contributed by atoms with Crippen molar-refractivity contribution in [2.75, 3.05) is 32.1 Å². The lowest BCUT2D eigenvalue weighted by Crippen LogP contribution is -2.39. The molecule has 0 radical (unpaired) electrons. The van der Waals surface area contributed by atoms with Gasteiger partial charge in [0.15, 0.2) is 6.29 Å². The molecule has 0 saturated carbocycles. The molecule has 1 aromatic carbocycles. The standard InChI is InChI=1S/C25H32N4O.C10H18N2O/c1-6-21-11-25(5,26)15-29(21)23-8-7-18(12-27-23)19-9-20(14-30)24-17(4)13-28(16(2)3)22(24)10-19;1-8(5-9(2)12-4)10(7-13)6-11-3/h7-10,12-14,16,21H,6,11,15,26H2,1-5H3;5,7,11-12H,6H2,1-4H3/b;9-5-,10-8-. The van der Waals surface area contributed by atoms with E-state index >= 15 is 0 Å². The third kappa shape index (κ3) is 8.00. The molecule has 232 valence electrons. The van der Waals surface area contributed by atoms with Crippen LogP contribution in [0.4, 0.5) is 5.82 Å². The number of fused-ring (bicyclic) bond motifs is 1. The number of aldehydes is 2. The summed E-state index contributed by atoms with van der Waals surface area (Å²) in [6, 6.07) is 9.08. The Morgan fingerprint density at radius 1 is 1.19 bits per heavy atom. The highest BCUT2D eigenvalue weighted by Gasteiger charge is 2.37. The van der Waals surface area contributed by atoms with Gasteiger partial charge in [-0.2, -0.15) is 0 Å². The maximum Gasteiger partial charge on any atom is 0.150 e. The van der Waals surface area contributed by atoms with E-state index in [2.05, 4.69) is 79.1 Å². The summed E-state index contributed by atoms with van der Waals surface area (Å²) >= 11 is 0. The molecule has 2 aromatic heterocycles. The van der Waals surface area contributed by atoms with Gasteiger partial charge in [0.25, 0.3) is 0 Å². The smallest absolute Gasteiger partial charge is 0.150 e. The SMILES string of the molecule is CCC1CC(C)(N)CN1c1ccc(-c2cc(C=O)c3c(C)cn(C(C)C)c3c2)cn1.CNC/C(C=O)=C(C)/C=C(/C)NC. The predicted octanol–water partition coefficient (Wildman–Crippen LogP) is 5.96. The summed E-state index contributed by atoms with van der Waals surface area (Å²) in [5.74, 6) is 0.970. The van der Waals surface area contributed by atoms with Crippen LogP contribution in [-0.4, -0.2) is 60.9 Å². The van der Waals surface area contributed by atoms with Crippen molar-refractivity contribution in [1.29, 1.82) is 0 Å². The molecule has 4 rings (SSSR count). The largest absolute Gasteiger partial charge is 0.392 e. The number of nitrogens with one attached hydrogen (secondary N) is 2. The van der Waals surface area contributed by atoms with Gasteiger partial charge in [-0.15, -0.1) is 0 Å². The minimum absolute atomic E-state index is 0.176. The molecule has 4 N–H and O–H groups in total. The van der Waals surface area contributed by atoms with Gasteiger partial charge in [-0.25, -0.2) is 4.98 Å². The molecule has 1 saturated heterocycles. The second-order valence-corrected chi connectivity index (χ2v) is 12.3. The molecule has 1 fully saturated rings. The van der Waals surface area contributed by atoms with Gasteiger partial charge in [-0.1, -0.05) is 6.92 Å². The second kappa shape index (κ2) is 14.6. The van der Waals surface area contributed by atoms with Crippen molar-refractivity contribution in [2.24, 2.45) is 5.73 Å². The highest BCUT2D eigenvalue weighted by molar-refractivity contribution is 6.02. The van der Waals surface area contributed by atoms with Gasteiger partial charge in [0.1, 0.15) is 12.1 Å². The Morgan fingerprint density at radius 3 is 2.44 bits per heavy atom. The monoisotopic (exact) mass is 586 g/mol. The molecule has 3 aromatic rings. The summed E-state index contributed by atoms with van der Waals surface area (Å²) in [4.78, 5) is 29.6. The molecule has 8 nitrogen and oxygen atoms in total. The number of aromatic nitrogens is 2. The zero-order chi connectivity index (χ0) is 31.9. The van der Waals surface area contributed by atoms with Crippen LogP contribution in [-0.2, 0) is 4.79 Å². The molecule has 3 heterocycles. The third-order valence-corrected chi connectivity index (χ3v) is 8.20. The van der Waals surface area contributed by atoms with Crippen LogP contribution in [0.1, 0.15) is 76.3 Å². The van der Waals surface area contributed by atoms with E-state index in [-0.39, 0.29) is 5.54 Å². The van der Waals surface area contributed by atoms with E-state index in [4.69, 9.17) is 10.7 Å². The van der Waals surface area contributed by atoms with Crippen molar-refractivity contribution in [3.8, 4) is 11.1 Å². The first-order valence-electron chi connectivity index (χ1n) is 15.2. The highest BCUT2D eigenvalue weighted by atomic mass is 16.1. The number of hydrogen-bond donors (Lipinski definition) is 3. The first-order chi connectivity index (χ1) is 20.4. The predicted molar refractivity (Wildman–Crippen MR) is 180 cm³/mol. The third-order valence-electron chi connectivity index (χ3n) is 8.20. The minimum atomic E-state index is -0.176. The van der Waals surface area contributed by atoms with E-state index in [9.17, 15) is 9.59 Å². The zero-order valence-corrected chi connectivity index (χ0v) is 27.4. The van der Waals surface area contributed by atoms with Gasteiger partial charge in [-0.05, 0) is 108 Å². The summed E-state index contributed by atoms with van der Waals surface area (Å²) in [5.41, 5.74) is 14.1. The Kier molecular flexibility index (Phi) is 11.5. The lowest BCUT2D eigenvalue weighted by Gasteiger charge is -2.25. The number of carbonyl (C=O) groups is 2. The van der Waals surface area contributed by atoms with Crippen LogP contribution in [0.25, 0.3) is 22.0 Å². The Hall–Kier alpha value is -3.75. The van der Waals surface area contributed by atoms with E-state index < -0.39 is 0 Å². The van der Waals surface area contributed by atoms with Crippen LogP contribution in [0, 0.1) is 6.92 Å². The summed E-state index contributed by atoms with van der Waals surface area (Å²) in [6.07, 6.45) is 9.91. The number of rotatable bonds is 10. The van der Waals surface area contributed by atoms with Crippen molar-refractivity contribution < 1.29 is 9.59 Å². The number of benzene rings is 1. The van der Waals surface area contributed by atoms with E-state index in [0.29, 0.717) is 18.6 Å². The molecule has 0 amide bonds. The van der Waals surface area contributed by atoms with Crippen molar-refractivity contribution in [3.63, 3.8) is 0 Å². The van der Waals surface area contributed by atoms with Gasteiger partial charge in [0.2, 0.25) is 0 Å². The molecule has 0 aliphatic carbocycles. The molecule has 8 heteroatoms. The van der Waals surface area contributed by atoms with Gasteiger partial charge < -0.3 is 25.8 Å². The van der Waals surface area contributed by atoms with Crippen molar-refractivity contribution >= 4 is 29.3 Å². The first-order valence-corrected chi connectivity index (χ1v) is 15.2. The Bertz CT molecular complexity index is 1480. The number of carbonyl (C=O) groups excluding carboxylic acids is 2. The molecule has 2 unspecified atom stereocenters. The second-order valence-electron chi connectivity index (χ2n) is 12.3. The molecule has 1 aliphatic rings. The maximum atomic E-state index is 11.9. The van der Waals surface area contributed by atoms with Gasteiger partial charge >= 0.3 is 0 Å². The number of hydrogen-bond acceptors (Lipinski definition) is 7. The summed E-state index contributed by atoms with van der Waals surface area (Å²) in [5, 5.41) is 7.00. The lowest BCUT2D eigenvalue weighted by atomic mass is 9.99. The van der Waals surface area contributed by atoms with Crippen LogP contribution < -0.4 is 21.3 Å². The maximum absolute atomic E-state index is 11.9. The van der Waals surface area contributed by atoms with E-state index in [1.165, 1.54) is 0 Å².